The zero-order valence-electron chi connectivity index (χ0n) is 9.91. The van der Waals surface area contributed by atoms with Crippen molar-refractivity contribution in [1.82, 2.24) is 0 Å². The van der Waals surface area contributed by atoms with Gasteiger partial charge >= 0.3 is 0 Å². The van der Waals surface area contributed by atoms with Crippen LogP contribution in [0, 0.1) is 6.92 Å². The topological polar surface area (TPSA) is 53.0 Å². The quantitative estimate of drug-likeness (QED) is 0.598. The van der Waals surface area contributed by atoms with Crippen molar-refractivity contribution in [2.45, 2.75) is 31.2 Å². The Kier molecular flexibility index (Phi) is 3.62. The lowest BCUT2D eigenvalue weighted by Gasteiger charge is -2.25. The van der Waals surface area contributed by atoms with Gasteiger partial charge in [-0.05, 0) is 12.5 Å². The molecule has 1 aliphatic rings. The van der Waals surface area contributed by atoms with Gasteiger partial charge in [0.1, 0.15) is 6.10 Å². The summed E-state index contributed by atoms with van der Waals surface area (Å²) >= 11 is 0. The Balaban J connectivity index is 2.25. The minimum atomic E-state index is -0.767. The molecule has 0 saturated carbocycles. The first-order valence-corrected chi connectivity index (χ1v) is 5.80. The third kappa shape index (κ3) is 2.75. The van der Waals surface area contributed by atoms with Gasteiger partial charge in [0, 0.05) is 5.92 Å². The van der Waals surface area contributed by atoms with Gasteiger partial charge in [-0.25, -0.2) is 0 Å². The molecule has 0 unspecified atom stereocenters. The molecule has 0 amide bonds. The number of aliphatic hydroxyl groups excluding tert-OH is 2. The normalized spacial score (nSPS) is 23.8. The Hall–Kier alpha value is -1.16. The number of ether oxygens (including phenoxy) is 1. The summed E-state index contributed by atoms with van der Waals surface area (Å²) < 4.78 is 5.10. The predicted molar refractivity (Wildman–Crippen MR) is 65.9 cm³/mol. The first-order valence-electron chi connectivity index (χ1n) is 5.80. The maximum atomic E-state index is 10.1. The summed E-state index contributed by atoms with van der Waals surface area (Å²) in [5.41, 5.74) is 2.06. The predicted octanol–water partition coefficient (Wildman–Crippen LogP) is 1.39. The van der Waals surface area contributed by atoms with Crippen LogP contribution < -0.4 is 0 Å². The molecule has 0 spiro atoms. The van der Waals surface area contributed by atoms with Crippen LogP contribution in [0.15, 0.2) is 36.9 Å². The van der Waals surface area contributed by atoms with Crippen LogP contribution in [0.5, 0.6) is 0 Å². The zero-order chi connectivity index (χ0) is 12.4. The zero-order valence-corrected chi connectivity index (χ0v) is 9.91. The largest absolute Gasteiger partial charge is 0.390 e. The number of hydrogen-bond donors (Lipinski definition) is 2. The number of aryl methyl sites for hydroxylation is 1. The Bertz CT molecular complexity index is 381. The number of epoxide rings is 1. The van der Waals surface area contributed by atoms with Crippen molar-refractivity contribution in [3.8, 4) is 0 Å². The lowest BCUT2D eigenvalue weighted by Crippen LogP contribution is -2.32. The summed E-state index contributed by atoms with van der Waals surface area (Å²) in [6, 6.07) is 7.80. The van der Waals surface area contributed by atoms with E-state index in [0.29, 0.717) is 6.61 Å². The Labute approximate surface area is 101 Å². The van der Waals surface area contributed by atoms with E-state index >= 15 is 0 Å². The smallest absolute Gasteiger partial charge is 0.107 e. The van der Waals surface area contributed by atoms with Crippen molar-refractivity contribution in [1.29, 1.82) is 0 Å². The van der Waals surface area contributed by atoms with Crippen LogP contribution in [0.3, 0.4) is 0 Å². The summed E-state index contributed by atoms with van der Waals surface area (Å²) in [6.45, 7) is 6.15. The fourth-order valence-corrected chi connectivity index (χ4v) is 2.02. The highest BCUT2D eigenvalue weighted by Crippen LogP contribution is 2.31. The van der Waals surface area contributed by atoms with Crippen molar-refractivity contribution in [3.05, 3.63) is 48.0 Å². The average molecular weight is 234 g/mol. The molecule has 2 rings (SSSR count). The molecule has 1 aromatic carbocycles. The summed E-state index contributed by atoms with van der Waals surface area (Å²) in [7, 11) is 0. The Morgan fingerprint density at radius 1 is 1.35 bits per heavy atom. The SMILES string of the molecule is C=C[C@@H](O)[C@H](c1ccc(C)cc1)[C@@H](O)[C@H]1CO1. The minimum absolute atomic E-state index is 0.157. The van der Waals surface area contributed by atoms with Gasteiger partial charge in [-0.15, -0.1) is 6.58 Å². The standard InChI is InChI=1S/C14H18O3/c1-3-11(15)13(14(16)12-8-17-12)10-6-4-9(2)5-7-10/h3-7,11-16H,1,8H2,2H3/t11-,12-,13+,14+/m1/s1. The van der Waals surface area contributed by atoms with E-state index in [-0.39, 0.29) is 12.0 Å². The van der Waals surface area contributed by atoms with E-state index < -0.39 is 12.2 Å². The summed E-state index contributed by atoms with van der Waals surface area (Å²) in [5, 5.41) is 20.1. The maximum Gasteiger partial charge on any atom is 0.107 e. The van der Waals surface area contributed by atoms with E-state index in [1.165, 1.54) is 6.08 Å². The molecule has 0 aliphatic carbocycles. The van der Waals surface area contributed by atoms with Gasteiger partial charge in [-0.1, -0.05) is 35.9 Å². The van der Waals surface area contributed by atoms with Crippen LogP contribution in [0.2, 0.25) is 0 Å². The van der Waals surface area contributed by atoms with E-state index in [9.17, 15) is 10.2 Å². The van der Waals surface area contributed by atoms with Crippen molar-refractivity contribution >= 4 is 0 Å². The highest BCUT2D eigenvalue weighted by Gasteiger charge is 2.39. The number of aliphatic hydroxyl groups is 2. The Morgan fingerprint density at radius 2 is 1.94 bits per heavy atom. The summed E-state index contributed by atoms with van der Waals surface area (Å²) in [5.74, 6) is -0.374. The van der Waals surface area contributed by atoms with Crippen LogP contribution in [-0.4, -0.2) is 35.1 Å². The molecule has 1 heterocycles. The van der Waals surface area contributed by atoms with E-state index in [0.717, 1.165) is 11.1 Å². The molecule has 2 N–H and O–H groups in total. The Morgan fingerprint density at radius 3 is 2.41 bits per heavy atom. The minimum Gasteiger partial charge on any atom is -0.390 e. The number of benzene rings is 1. The van der Waals surface area contributed by atoms with E-state index in [1.54, 1.807) is 0 Å². The fourth-order valence-electron chi connectivity index (χ4n) is 2.02. The molecule has 0 radical (unpaired) electrons. The number of rotatable bonds is 5. The fraction of sp³-hybridized carbons (Fsp3) is 0.429. The molecular formula is C14H18O3. The van der Waals surface area contributed by atoms with Crippen molar-refractivity contribution in [2.24, 2.45) is 0 Å². The second-order valence-electron chi connectivity index (χ2n) is 4.53. The summed E-state index contributed by atoms with van der Waals surface area (Å²) in [4.78, 5) is 0. The molecule has 1 saturated heterocycles. The molecule has 17 heavy (non-hydrogen) atoms. The molecule has 0 bridgehead atoms. The molecule has 3 nitrogen and oxygen atoms in total. The van der Waals surface area contributed by atoms with Crippen LogP contribution in [0.1, 0.15) is 17.0 Å². The van der Waals surface area contributed by atoms with Gasteiger partial charge < -0.3 is 14.9 Å². The van der Waals surface area contributed by atoms with Crippen molar-refractivity contribution in [3.63, 3.8) is 0 Å². The lowest BCUT2D eigenvalue weighted by molar-refractivity contribution is 0.0556. The third-order valence-corrected chi connectivity index (χ3v) is 3.18. The van der Waals surface area contributed by atoms with E-state index in [1.807, 2.05) is 31.2 Å². The second kappa shape index (κ2) is 5.00. The van der Waals surface area contributed by atoms with Crippen LogP contribution in [-0.2, 0) is 4.74 Å². The molecule has 1 aromatic rings. The van der Waals surface area contributed by atoms with Crippen molar-refractivity contribution < 1.29 is 14.9 Å². The molecular weight excluding hydrogens is 216 g/mol. The monoisotopic (exact) mass is 234 g/mol. The first-order chi connectivity index (χ1) is 8.13. The molecule has 0 aromatic heterocycles. The highest BCUT2D eigenvalue weighted by molar-refractivity contribution is 5.28. The van der Waals surface area contributed by atoms with Gasteiger partial charge in [-0.2, -0.15) is 0 Å². The molecule has 1 aliphatic heterocycles. The van der Waals surface area contributed by atoms with Crippen LogP contribution in [0.25, 0.3) is 0 Å². The van der Waals surface area contributed by atoms with Gasteiger partial charge in [0.25, 0.3) is 0 Å². The molecule has 3 heteroatoms. The average Bonchev–Trinajstić information content (AvgIpc) is 3.15. The van der Waals surface area contributed by atoms with Crippen molar-refractivity contribution in [2.75, 3.05) is 6.61 Å². The van der Waals surface area contributed by atoms with Crippen LogP contribution >= 0.6 is 0 Å². The van der Waals surface area contributed by atoms with E-state index in [4.69, 9.17) is 4.74 Å². The molecule has 92 valence electrons. The maximum absolute atomic E-state index is 10.1. The van der Waals surface area contributed by atoms with Crippen LogP contribution in [0.4, 0.5) is 0 Å². The molecule has 4 atom stereocenters. The lowest BCUT2D eigenvalue weighted by atomic mass is 9.86. The third-order valence-electron chi connectivity index (χ3n) is 3.18. The van der Waals surface area contributed by atoms with Gasteiger partial charge in [0.15, 0.2) is 0 Å². The van der Waals surface area contributed by atoms with Gasteiger partial charge in [0.2, 0.25) is 0 Å². The second-order valence-corrected chi connectivity index (χ2v) is 4.53. The van der Waals surface area contributed by atoms with Gasteiger partial charge in [-0.3, -0.25) is 0 Å². The summed E-state index contributed by atoms with van der Waals surface area (Å²) in [6.07, 6.45) is -0.158. The molecule has 1 fully saturated rings. The van der Waals surface area contributed by atoms with Gasteiger partial charge in [0.05, 0.1) is 18.8 Å². The first kappa shape index (κ1) is 12.3. The van der Waals surface area contributed by atoms with E-state index in [2.05, 4.69) is 6.58 Å². The number of hydrogen-bond acceptors (Lipinski definition) is 3. The highest BCUT2D eigenvalue weighted by atomic mass is 16.6.